The lowest BCUT2D eigenvalue weighted by atomic mass is 9.74. The molecule has 0 N–H and O–H groups in total. The summed E-state index contributed by atoms with van der Waals surface area (Å²) in [5.74, 6) is 2.10. The first kappa shape index (κ1) is 11.8. The van der Waals surface area contributed by atoms with Crippen molar-refractivity contribution in [3.63, 3.8) is 0 Å². The van der Waals surface area contributed by atoms with E-state index >= 15 is 0 Å². The highest BCUT2D eigenvalue weighted by Gasteiger charge is 2.30. The minimum absolute atomic E-state index is 0.225. The van der Waals surface area contributed by atoms with E-state index in [9.17, 15) is 4.79 Å². The summed E-state index contributed by atoms with van der Waals surface area (Å²) in [7, 11) is 0. The first-order valence-corrected chi connectivity index (χ1v) is 7.01. The Labute approximate surface area is 101 Å². The van der Waals surface area contributed by atoms with Crippen molar-refractivity contribution >= 4 is 17.1 Å². The van der Waals surface area contributed by atoms with E-state index in [1.54, 1.807) is 11.3 Å². The number of hydrogen-bond donors (Lipinski definition) is 0. The Morgan fingerprint density at radius 2 is 2.38 bits per heavy atom. The van der Waals surface area contributed by atoms with Gasteiger partial charge in [-0.3, -0.25) is 4.79 Å². The first-order valence-electron chi connectivity index (χ1n) is 6.06. The molecule has 1 saturated carbocycles. The SMILES string of the molecule is CC(C)C1CCC(=O)C(Cc2cscn2)C1. The molecule has 1 fully saturated rings. The Hall–Kier alpha value is -0.700. The monoisotopic (exact) mass is 237 g/mol. The predicted octanol–water partition coefficient (Wildman–Crippen LogP) is 3.33. The van der Waals surface area contributed by atoms with Crippen LogP contribution < -0.4 is 0 Å². The zero-order valence-corrected chi connectivity index (χ0v) is 10.8. The maximum Gasteiger partial charge on any atom is 0.136 e. The van der Waals surface area contributed by atoms with Crippen molar-refractivity contribution in [2.75, 3.05) is 0 Å². The van der Waals surface area contributed by atoms with Gasteiger partial charge in [0.15, 0.2) is 0 Å². The molecule has 1 heterocycles. The summed E-state index contributed by atoms with van der Waals surface area (Å²) in [6, 6.07) is 0. The highest BCUT2D eigenvalue weighted by Crippen LogP contribution is 2.33. The highest BCUT2D eigenvalue weighted by atomic mass is 32.1. The molecule has 1 aromatic heterocycles. The van der Waals surface area contributed by atoms with Gasteiger partial charge in [0.05, 0.1) is 11.2 Å². The van der Waals surface area contributed by atoms with Crippen molar-refractivity contribution in [2.45, 2.75) is 39.5 Å². The molecule has 0 aromatic carbocycles. The van der Waals surface area contributed by atoms with Gasteiger partial charge in [0.25, 0.3) is 0 Å². The number of rotatable bonds is 3. The van der Waals surface area contributed by atoms with Crippen molar-refractivity contribution in [1.29, 1.82) is 0 Å². The van der Waals surface area contributed by atoms with Crippen LogP contribution in [-0.2, 0) is 11.2 Å². The third-order valence-corrected chi connectivity index (χ3v) is 4.32. The van der Waals surface area contributed by atoms with Gasteiger partial charge in [-0.1, -0.05) is 13.8 Å². The van der Waals surface area contributed by atoms with Gasteiger partial charge < -0.3 is 0 Å². The van der Waals surface area contributed by atoms with Crippen molar-refractivity contribution in [2.24, 2.45) is 17.8 Å². The molecule has 0 aliphatic heterocycles. The van der Waals surface area contributed by atoms with Gasteiger partial charge in [-0.2, -0.15) is 0 Å². The van der Waals surface area contributed by atoms with Gasteiger partial charge in [-0.05, 0) is 24.7 Å². The largest absolute Gasteiger partial charge is 0.299 e. The van der Waals surface area contributed by atoms with E-state index in [0.29, 0.717) is 11.7 Å². The lowest BCUT2D eigenvalue weighted by Crippen LogP contribution is -2.28. The number of hydrogen-bond acceptors (Lipinski definition) is 3. The summed E-state index contributed by atoms with van der Waals surface area (Å²) in [6.07, 6.45) is 3.78. The van der Waals surface area contributed by atoms with Crippen molar-refractivity contribution < 1.29 is 4.79 Å². The molecule has 88 valence electrons. The van der Waals surface area contributed by atoms with Gasteiger partial charge >= 0.3 is 0 Å². The van der Waals surface area contributed by atoms with Crippen molar-refractivity contribution in [3.05, 3.63) is 16.6 Å². The zero-order chi connectivity index (χ0) is 11.5. The average Bonchev–Trinajstić information content (AvgIpc) is 2.73. The summed E-state index contributed by atoms with van der Waals surface area (Å²) in [6.45, 7) is 4.53. The molecule has 2 atom stereocenters. The molecule has 0 bridgehead atoms. The van der Waals surface area contributed by atoms with Gasteiger partial charge in [-0.15, -0.1) is 11.3 Å². The molecule has 0 saturated heterocycles. The molecule has 1 aromatic rings. The Bertz CT molecular complexity index is 345. The smallest absolute Gasteiger partial charge is 0.136 e. The molecule has 1 aliphatic carbocycles. The van der Waals surface area contributed by atoms with Crippen LogP contribution in [0.5, 0.6) is 0 Å². The second-order valence-electron chi connectivity index (χ2n) is 5.13. The summed E-state index contributed by atoms with van der Waals surface area (Å²) < 4.78 is 0. The first-order chi connectivity index (χ1) is 7.66. The van der Waals surface area contributed by atoms with E-state index in [-0.39, 0.29) is 5.92 Å². The molecule has 2 nitrogen and oxygen atoms in total. The highest BCUT2D eigenvalue weighted by molar-refractivity contribution is 7.07. The summed E-state index contributed by atoms with van der Waals surface area (Å²) >= 11 is 1.61. The van der Waals surface area contributed by atoms with Crippen LogP contribution in [0.4, 0.5) is 0 Å². The van der Waals surface area contributed by atoms with Crippen LogP contribution in [0.15, 0.2) is 10.9 Å². The van der Waals surface area contributed by atoms with Gasteiger partial charge in [-0.25, -0.2) is 4.98 Å². The van der Waals surface area contributed by atoms with Crippen LogP contribution in [0.3, 0.4) is 0 Å². The maximum atomic E-state index is 11.9. The third-order valence-electron chi connectivity index (χ3n) is 3.69. The third kappa shape index (κ3) is 2.70. The normalized spacial score (nSPS) is 26.3. The number of ketones is 1. The van der Waals surface area contributed by atoms with Gasteiger partial charge in [0.1, 0.15) is 5.78 Å². The summed E-state index contributed by atoms with van der Waals surface area (Å²) in [5.41, 5.74) is 2.94. The fourth-order valence-electron chi connectivity index (χ4n) is 2.54. The minimum Gasteiger partial charge on any atom is -0.299 e. The lowest BCUT2D eigenvalue weighted by molar-refractivity contribution is -0.125. The molecule has 0 spiro atoms. The molecule has 2 rings (SSSR count). The number of aromatic nitrogens is 1. The average molecular weight is 237 g/mol. The van der Waals surface area contributed by atoms with E-state index < -0.39 is 0 Å². The second kappa shape index (κ2) is 5.09. The van der Waals surface area contributed by atoms with Crippen molar-refractivity contribution in [3.8, 4) is 0 Å². The molecule has 3 heteroatoms. The van der Waals surface area contributed by atoms with E-state index in [4.69, 9.17) is 0 Å². The van der Waals surface area contributed by atoms with Crippen LogP contribution in [0.25, 0.3) is 0 Å². The summed E-state index contributed by atoms with van der Waals surface area (Å²) in [4.78, 5) is 16.1. The Morgan fingerprint density at radius 1 is 1.56 bits per heavy atom. The Morgan fingerprint density at radius 3 is 3.00 bits per heavy atom. The quantitative estimate of drug-likeness (QED) is 0.807. The fourth-order valence-corrected chi connectivity index (χ4v) is 3.11. The number of carbonyl (C=O) groups excluding carboxylic acids is 1. The molecular weight excluding hydrogens is 218 g/mol. The topological polar surface area (TPSA) is 30.0 Å². The minimum atomic E-state index is 0.225. The molecule has 2 unspecified atom stereocenters. The Balaban J connectivity index is 1.99. The number of Topliss-reactive ketones (excluding diaryl/α,β-unsaturated/α-hetero) is 1. The number of carbonyl (C=O) groups is 1. The van der Waals surface area contributed by atoms with Crippen LogP contribution in [0.1, 0.15) is 38.8 Å². The zero-order valence-electron chi connectivity index (χ0n) is 9.98. The van der Waals surface area contributed by atoms with Crippen LogP contribution in [-0.4, -0.2) is 10.8 Å². The Kier molecular flexibility index (Phi) is 3.74. The molecule has 16 heavy (non-hydrogen) atoms. The van der Waals surface area contributed by atoms with Gasteiger partial charge in [0, 0.05) is 24.1 Å². The second-order valence-corrected chi connectivity index (χ2v) is 5.84. The van der Waals surface area contributed by atoms with E-state index in [1.165, 1.54) is 0 Å². The van der Waals surface area contributed by atoms with E-state index in [0.717, 1.165) is 37.3 Å². The van der Waals surface area contributed by atoms with Crippen molar-refractivity contribution in [1.82, 2.24) is 4.98 Å². The molecular formula is C13H19NOS. The van der Waals surface area contributed by atoms with Crippen LogP contribution >= 0.6 is 11.3 Å². The van der Waals surface area contributed by atoms with E-state index in [2.05, 4.69) is 24.2 Å². The molecule has 0 amide bonds. The summed E-state index contributed by atoms with van der Waals surface area (Å²) in [5, 5.41) is 2.06. The number of nitrogens with zero attached hydrogens (tertiary/aromatic N) is 1. The molecule has 1 aliphatic rings. The lowest BCUT2D eigenvalue weighted by Gasteiger charge is -2.30. The van der Waals surface area contributed by atoms with Gasteiger partial charge in [0.2, 0.25) is 0 Å². The molecule has 0 radical (unpaired) electrons. The fraction of sp³-hybridized carbons (Fsp3) is 0.692. The standard InChI is InChI=1S/C13H19NOS/c1-9(2)10-3-4-13(15)11(5-10)6-12-7-16-8-14-12/h7-11H,3-6H2,1-2H3. The van der Waals surface area contributed by atoms with Crippen LogP contribution in [0.2, 0.25) is 0 Å². The predicted molar refractivity (Wildman–Crippen MR) is 66.5 cm³/mol. The maximum absolute atomic E-state index is 11.9. The van der Waals surface area contributed by atoms with Crippen LogP contribution in [0, 0.1) is 17.8 Å². The van der Waals surface area contributed by atoms with E-state index in [1.807, 2.05) is 5.51 Å². The number of thiazole rings is 1.